The van der Waals surface area contributed by atoms with E-state index in [4.69, 9.17) is 4.74 Å². The Morgan fingerprint density at radius 3 is 3.05 bits per heavy atom. The highest BCUT2D eigenvalue weighted by Crippen LogP contribution is 2.28. The van der Waals surface area contributed by atoms with Crippen molar-refractivity contribution in [2.45, 2.75) is 25.8 Å². The molecule has 0 radical (unpaired) electrons. The maximum absolute atomic E-state index is 11.2. The van der Waals surface area contributed by atoms with Gasteiger partial charge in [0, 0.05) is 34.7 Å². The first-order valence-electron chi connectivity index (χ1n) is 6.85. The van der Waals surface area contributed by atoms with Crippen LogP contribution in [0.1, 0.15) is 18.9 Å². The zero-order valence-corrected chi connectivity index (χ0v) is 13.1. The Labute approximate surface area is 127 Å². The van der Waals surface area contributed by atoms with Crippen molar-refractivity contribution in [2.75, 3.05) is 19.8 Å². The van der Waals surface area contributed by atoms with Crippen LogP contribution in [0.4, 0.5) is 5.69 Å². The van der Waals surface area contributed by atoms with Gasteiger partial charge in [-0.3, -0.25) is 10.1 Å². The van der Waals surface area contributed by atoms with Gasteiger partial charge in [-0.25, -0.2) is 0 Å². The molecule has 1 N–H and O–H groups in total. The molecule has 5 nitrogen and oxygen atoms in total. The van der Waals surface area contributed by atoms with Crippen molar-refractivity contribution >= 4 is 21.6 Å². The molecule has 0 bridgehead atoms. The summed E-state index contributed by atoms with van der Waals surface area (Å²) in [6.45, 7) is 4.40. The molecular formula is C14H19BrN2O3. The van der Waals surface area contributed by atoms with Crippen molar-refractivity contribution in [3.63, 3.8) is 0 Å². The number of ether oxygens (including phenoxy) is 1. The minimum Gasteiger partial charge on any atom is -0.381 e. The fraction of sp³-hybridized carbons (Fsp3) is 0.571. The number of hydrogen-bond acceptors (Lipinski definition) is 4. The Kier molecular flexibility index (Phi) is 5.51. The minimum absolute atomic E-state index is 0.181. The highest BCUT2D eigenvalue weighted by Gasteiger charge is 2.27. The van der Waals surface area contributed by atoms with Crippen LogP contribution in [-0.4, -0.2) is 30.7 Å². The zero-order valence-electron chi connectivity index (χ0n) is 11.5. The lowest BCUT2D eigenvalue weighted by Crippen LogP contribution is -2.43. The molecule has 1 saturated heterocycles. The predicted octanol–water partition coefficient (Wildman–Crippen LogP) is 2.91. The van der Waals surface area contributed by atoms with Gasteiger partial charge in [0.05, 0.1) is 11.5 Å². The second-order valence-corrected chi connectivity index (χ2v) is 5.94. The van der Waals surface area contributed by atoms with Crippen LogP contribution in [0.25, 0.3) is 0 Å². The molecule has 1 aliphatic heterocycles. The number of benzene rings is 1. The van der Waals surface area contributed by atoms with Crippen molar-refractivity contribution in [3.8, 4) is 0 Å². The highest BCUT2D eigenvalue weighted by atomic mass is 79.9. The van der Waals surface area contributed by atoms with Crippen LogP contribution in [0.15, 0.2) is 22.7 Å². The summed E-state index contributed by atoms with van der Waals surface area (Å²) in [4.78, 5) is 10.8. The Hall–Kier alpha value is -0.980. The fourth-order valence-electron chi connectivity index (χ4n) is 2.69. The molecule has 1 aromatic rings. The average molecular weight is 343 g/mol. The van der Waals surface area contributed by atoms with Gasteiger partial charge in [-0.05, 0) is 25.5 Å². The lowest BCUT2D eigenvalue weighted by Gasteiger charge is -2.32. The smallest absolute Gasteiger partial charge is 0.273 e. The van der Waals surface area contributed by atoms with Crippen LogP contribution in [0.3, 0.4) is 0 Å². The third kappa shape index (κ3) is 3.77. The van der Waals surface area contributed by atoms with Crippen molar-refractivity contribution < 1.29 is 9.66 Å². The zero-order chi connectivity index (χ0) is 14.5. The first-order chi connectivity index (χ1) is 9.61. The lowest BCUT2D eigenvalue weighted by atomic mass is 9.89. The van der Waals surface area contributed by atoms with Gasteiger partial charge in [0.1, 0.15) is 0 Å². The number of nitro benzene ring substituents is 1. The molecule has 2 rings (SSSR count). The molecule has 1 aliphatic rings. The van der Waals surface area contributed by atoms with E-state index in [-0.39, 0.29) is 16.5 Å². The van der Waals surface area contributed by atoms with E-state index in [0.717, 1.165) is 29.6 Å². The maximum atomic E-state index is 11.2. The van der Waals surface area contributed by atoms with Crippen molar-refractivity contribution in [1.29, 1.82) is 0 Å². The van der Waals surface area contributed by atoms with Gasteiger partial charge in [0.15, 0.2) is 0 Å². The second-order valence-electron chi connectivity index (χ2n) is 5.02. The highest BCUT2D eigenvalue weighted by molar-refractivity contribution is 9.10. The first-order valence-corrected chi connectivity index (χ1v) is 7.65. The van der Waals surface area contributed by atoms with Crippen LogP contribution in [0.2, 0.25) is 0 Å². The molecule has 1 heterocycles. The van der Waals surface area contributed by atoms with E-state index in [1.54, 1.807) is 6.07 Å². The van der Waals surface area contributed by atoms with Crippen LogP contribution in [0.5, 0.6) is 0 Å². The summed E-state index contributed by atoms with van der Waals surface area (Å²) in [6, 6.07) is 5.63. The lowest BCUT2D eigenvalue weighted by molar-refractivity contribution is -0.385. The van der Waals surface area contributed by atoms with Crippen LogP contribution in [0, 0.1) is 16.0 Å². The van der Waals surface area contributed by atoms with Crippen LogP contribution in [-0.2, 0) is 11.2 Å². The van der Waals surface area contributed by atoms with Crippen molar-refractivity contribution in [1.82, 2.24) is 5.32 Å². The van der Waals surface area contributed by atoms with E-state index in [1.165, 1.54) is 0 Å². The van der Waals surface area contributed by atoms with Crippen molar-refractivity contribution in [3.05, 3.63) is 38.3 Å². The van der Waals surface area contributed by atoms with Gasteiger partial charge in [0.2, 0.25) is 0 Å². The predicted molar refractivity (Wildman–Crippen MR) is 80.9 cm³/mol. The average Bonchev–Trinajstić information content (AvgIpc) is 2.43. The molecule has 110 valence electrons. The van der Waals surface area contributed by atoms with E-state index < -0.39 is 0 Å². The van der Waals surface area contributed by atoms with E-state index >= 15 is 0 Å². The number of hydrogen-bond donors (Lipinski definition) is 1. The monoisotopic (exact) mass is 342 g/mol. The number of nitrogens with zero attached hydrogens (tertiary/aromatic N) is 1. The van der Waals surface area contributed by atoms with Gasteiger partial charge in [-0.2, -0.15) is 0 Å². The molecule has 1 fully saturated rings. The second kappa shape index (κ2) is 7.15. The standard InChI is InChI=1S/C14H19BrN2O3/c1-2-16-13-5-6-20-9-11(13)7-10-3-4-12(15)8-14(10)17(18)19/h3-4,8,11,13,16H,2,5-7,9H2,1H3. The molecule has 0 aromatic heterocycles. The number of nitro groups is 1. The number of nitrogens with one attached hydrogen (secondary N) is 1. The summed E-state index contributed by atoms with van der Waals surface area (Å²) in [5.41, 5.74) is 0.955. The van der Waals surface area contributed by atoms with E-state index in [0.29, 0.717) is 19.1 Å². The Balaban J connectivity index is 2.17. The molecule has 6 heteroatoms. The van der Waals surface area contributed by atoms with E-state index in [9.17, 15) is 10.1 Å². The topological polar surface area (TPSA) is 64.4 Å². The summed E-state index contributed by atoms with van der Waals surface area (Å²) in [6.07, 6.45) is 1.63. The Bertz CT molecular complexity index is 479. The van der Waals surface area contributed by atoms with E-state index in [2.05, 4.69) is 28.2 Å². The van der Waals surface area contributed by atoms with Gasteiger partial charge in [0.25, 0.3) is 5.69 Å². The van der Waals surface area contributed by atoms with E-state index in [1.807, 2.05) is 12.1 Å². The first kappa shape index (κ1) is 15.4. The van der Waals surface area contributed by atoms with Crippen LogP contribution >= 0.6 is 15.9 Å². The summed E-state index contributed by atoms with van der Waals surface area (Å²) in [5.74, 6) is 0.281. The molecule has 0 spiro atoms. The maximum Gasteiger partial charge on any atom is 0.273 e. The molecule has 2 atom stereocenters. The number of halogens is 1. The molecule has 20 heavy (non-hydrogen) atoms. The normalized spacial score (nSPS) is 22.7. The Morgan fingerprint density at radius 1 is 1.55 bits per heavy atom. The molecule has 0 amide bonds. The third-order valence-electron chi connectivity index (χ3n) is 3.67. The largest absolute Gasteiger partial charge is 0.381 e. The van der Waals surface area contributed by atoms with Gasteiger partial charge in [-0.1, -0.05) is 28.9 Å². The molecule has 1 aromatic carbocycles. The van der Waals surface area contributed by atoms with Gasteiger partial charge < -0.3 is 10.1 Å². The Morgan fingerprint density at radius 2 is 2.35 bits per heavy atom. The summed E-state index contributed by atoms with van der Waals surface area (Å²) < 4.78 is 6.27. The number of rotatable bonds is 5. The molecule has 0 aliphatic carbocycles. The SMILES string of the molecule is CCNC1CCOCC1Cc1ccc(Br)cc1[N+](=O)[O-]. The molecule has 0 saturated carbocycles. The fourth-order valence-corrected chi connectivity index (χ4v) is 3.04. The van der Waals surface area contributed by atoms with Gasteiger partial charge >= 0.3 is 0 Å². The van der Waals surface area contributed by atoms with Crippen molar-refractivity contribution in [2.24, 2.45) is 5.92 Å². The minimum atomic E-state index is -0.313. The van der Waals surface area contributed by atoms with Crippen LogP contribution < -0.4 is 5.32 Å². The summed E-state index contributed by atoms with van der Waals surface area (Å²) >= 11 is 3.29. The third-order valence-corrected chi connectivity index (χ3v) is 4.16. The summed E-state index contributed by atoms with van der Waals surface area (Å²) in [5, 5.41) is 14.6. The van der Waals surface area contributed by atoms with Gasteiger partial charge in [-0.15, -0.1) is 0 Å². The summed E-state index contributed by atoms with van der Waals surface area (Å²) in [7, 11) is 0. The molecule has 2 unspecified atom stereocenters. The molecular weight excluding hydrogens is 324 g/mol. The quantitative estimate of drug-likeness (QED) is 0.660.